The molecule has 2 N–H and O–H groups in total. The first-order valence-electron chi connectivity index (χ1n) is 4.70. The van der Waals surface area contributed by atoms with Crippen LogP contribution in [0.3, 0.4) is 0 Å². The summed E-state index contributed by atoms with van der Waals surface area (Å²) < 4.78 is 43.7. The third-order valence-corrected chi connectivity index (χ3v) is 2.85. The highest BCUT2D eigenvalue weighted by molar-refractivity contribution is 9.10. The Bertz CT molecular complexity index is 473. The summed E-state index contributed by atoms with van der Waals surface area (Å²) in [4.78, 5) is 3.82. The molecule has 0 aliphatic carbocycles. The maximum absolute atomic E-state index is 12.8. The van der Waals surface area contributed by atoms with Crippen molar-refractivity contribution in [2.45, 2.75) is 12.2 Å². The average Bonchev–Trinajstić information content (AvgIpc) is 2.63. The van der Waals surface area contributed by atoms with Gasteiger partial charge >= 0.3 is 6.18 Å². The van der Waals surface area contributed by atoms with Crippen molar-refractivity contribution < 1.29 is 17.9 Å². The van der Waals surface area contributed by atoms with Crippen LogP contribution in [0.25, 0.3) is 0 Å². The molecule has 92 valence electrons. The molecule has 0 spiro atoms. The third kappa shape index (κ3) is 2.54. The van der Waals surface area contributed by atoms with Gasteiger partial charge in [0.25, 0.3) is 6.02 Å². The van der Waals surface area contributed by atoms with Crippen LogP contribution in [0, 0.1) is 0 Å². The average molecular weight is 309 g/mol. The van der Waals surface area contributed by atoms with Crippen LogP contribution in [0.5, 0.6) is 0 Å². The number of ether oxygens (including phenoxy) is 1. The zero-order chi connectivity index (χ0) is 12.6. The van der Waals surface area contributed by atoms with E-state index in [0.29, 0.717) is 4.47 Å². The molecule has 1 aromatic carbocycles. The van der Waals surface area contributed by atoms with Crippen molar-refractivity contribution in [2.75, 3.05) is 6.61 Å². The number of aliphatic imine (C=N–C) groups is 1. The van der Waals surface area contributed by atoms with E-state index in [0.717, 1.165) is 6.07 Å². The molecule has 1 aliphatic rings. The van der Waals surface area contributed by atoms with E-state index in [9.17, 15) is 13.2 Å². The summed E-state index contributed by atoms with van der Waals surface area (Å²) in [5.41, 5.74) is 4.64. The van der Waals surface area contributed by atoms with Crippen molar-refractivity contribution in [3.05, 3.63) is 33.8 Å². The zero-order valence-corrected chi connectivity index (χ0v) is 10.0. The van der Waals surface area contributed by atoms with Gasteiger partial charge in [-0.1, -0.05) is 22.0 Å². The monoisotopic (exact) mass is 308 g/mol. The predicted octanol–water partition coefficient (Wildman–Crippen LogP) is 2.85. The Morgan fingerprint density at radius 3 is 2.65 bits per heavy atom. The smallest absolute Gasteiger partial charge is 0.416 e. The highest BCUT2D eigenvalue weighted by atomic mass is 79.9. The largest absolute Gasteiger partial charge is 0.463 e. The van der Waals surface area contributed by atoms with E-state index < -0.39 is 17.8 Å². The van der Waals surface area contributed by atoms with Crippen molar-refractivity contribution in [2.24, 2.45) is 10.7 Å². The van der Waals surface area contributed by atoms with Gasteiger partial charge in [-0.15, -0.1) is 0 Å². The van der Waals surface area contributed by atoms with Crippen LogP contribution < -0.4 is 5.73 Å². The van der Waals surface area contributed by atoms with Gasteiger partial charge in [-0.25, -0.2) is 4.99 Å². The van der Waals surface area contributed by atoms with Crippen molar-refractivity contribution in [1.82, 2.24) is 0 Å². The summed E-state index contributed by atoms with van der Waals surface area (Å²) in [5, 5.41) is 0. The molecule has 0 bridgehead atoms. The summed E-state index contributed by atoms with van der Waals surface area (Å²) in [5.74, 6) is 0. The minimum absolute atomic E-state index is 0.0382. The second-order valence-corrected chi connectivity index (χ2v) is 4.44. The molecule has 0 aromatic heterocycles. The van der Waals surface area contributed by atoms with Gasteiger partial charge in [0.05, 0.1) is 5.56 Å². The van der Waals surface area contributed by atoms with Crippen molar-refractivity contribution in [3.63, 3.8) is 0 Å². The number of nitrogens with zero attached hydrogens (tertiary/aromatic N) is 1. The number of benzene rings is 1. The molecular weight excluding hydrogens is 301 g/mol. The zero-order valence-electron chi connectivity index (χ0n) is 8.46. The van der Waals surface area contributed by atoms with Crippen LogP contribution in [0.15, 0.2) is 27.7 Å². The molecule has 1 heterocycles. The number of hydrogen-bond acceptors (Lipinski definition) is 3. The first-order valence-corrected chi connectivity index (χ1v) is 5.50. The number of halogens is 4. The topological polar surface area (TPSA) is 47.6 Å². The SMILES string of the molecule is NC1=N[C@H](c2ccc(Br)cc2C(F)(F)F)CO1. The summed E-state index contributed by atoms with van der Waals surface area (Å²) in [6.45, 7) is 0.0382. The van der Waals surface area contributed by atoms with Crippen LogP contribution in [-0.4, -0.2) is 12.6 Å². The minimum Gasteiger partial charge on any atom is -0.463 e. The molecule has 1 aliphatic heterocycles. The molecule has 3 nitrogen and oxygen atoms in total. The molecule has 17 heavy (non-hydrogen) atoms. The summed E-state index contributed by atoms with van der Waals surface area (Å²) in [7, 11) is 0. The van der Waals surface area contributed by atoms with Gasteiger partial charge in [-0.2, -0.15) is 13.2 Å². The first-order chi connectivity index (χ1) is 7.88. The van der Waals surface area contributed by atoms with Crippen molar-refractivity contribution in [3.8, 4) is 0 Å². The van der Waals surface area contributed by atoms with E-state index >= 15 is 0 Å². The second-order valence-electron chi connectivity index (χ2n) is 3.52. The van der Waals surface area contributed by atoms with E-state index in [4.69, 9.17) is 10.5 Å². The van der Waals surface area contributed by atoms with Gasteiger partial charge in [0.2, 0.25) is 0 Å². The van der Waals surface area contributed by atoms with Crippen LogP contribution in [0.4, 0.5) is 13.2 Å². The second kappa shape index (κ2) is 4.21. The van der Waals surface area contributed by atoms with Gasteiger partial charge in [-0.05, 0) is 17.7 Å². The third-order valence-electron chi connectivity index (χ3n) is 2.35. The number of amidine groups is 1. The molecular formula is C10H8BrF3N2O. The Balaban J connectivity index is 2.47. The van der Waals surface area contributed by atoms with E-state index in [1.165, 1.54) is 12.1 Å². The minimum atomic E-state index is -4.42. The van der Waals surface area contributed by atoms with Gasteiger partial charge in [0.15, 0.2) is 0 Å². The van der Waals surface area contributed by atoms with E-state index in [1.54, 1.807) is 0 Å². The van der Waals surface area contributed by atoms with Gasteiger partial charge in [-0.3, -0.25) is 0 Å². The van der Waals surface area contributed by atoms with Gasteiger partial charge < -0.3 is 10.5 Å². The molecule has 0 amide bonds. The molecule has 7 heteroatoms. The van der Waals surface area contributed by atoms with E-state index in [1.807, 2.05) is 0 Å². The lowest BCUT2D eigenvalue weighted by molar-refractivity contribution is -0.138. The fraction of sp³-hybridized carbons (Fsp3) is 0.300. The van der Waals surface area contributed by atoms with Crippen LogP contribution >= 0.6 is 15.9 Å². The Kier molecular flexibility index (Phi) is 3.03. The fourth-order valence-electron chi connectivity index (χ4n) is 1.62. The predicted molar refractivity (Wildman–Crippen MR) is 59.5 cm³/mol. The lowest BCUT2D eigenvalue weighted by Crippen LogP contribution is -2.12. The maximum atomic E-state index is 12.8. The highest BCUT2D eigenvalue weighted by Gasteiger charge is 2.36. The van der Waals surface area contributed by atoms with E-state index in [2.05, 4.69) is 20.9 Å². The molecule has 0 fully saturated rings. The first kappa shape index (κ1) is 12.2. The molecule has 0 radical (unpaired) electrons. The molecule has 1 atom stereocenters. The number of hydrogen-bond donors (Lipinski definition) is 1. The Morgan fingerprint density at radius 2 is 2.12 bits per heavy atom. The number of rotatable bonds is 1. The lowest BCUT2D eigenvalue weighted by Gasteiger charge is -2.15. The standard InChI is InChI=1S/C10H8BrF3N2O/c11-5-1-2-6(7(3-5)10(12,13)14)8-4-17-9(15)16-8/h1-3,8H,4H2,(H2,15,16)/t8-/m0/s1. The van der Waals surface area contributed by atoms with Gasteiger partial charge in [0.1, 0.15) is 12.6 Å². The highest BCUT2D eigenvalue weighted by Crippen LogP contribution is 2.38. The normalized spacial score (nSPS) is 20.0. The molecule has 0 saturated heterocycles. The molecule has 1 aromatic rings. The van der Waals surface area contributed by atoms with Crippen LogP contribution in [0.2, 0.25) is 0 Å². The Labute approximate surface area is 104 Å². The molecule has 0 unspecified atom stereocenters. The summed E-state index contributed by atoms with van der Waals surface area (Å²) in [6, 6.07) is 3.17. The fourth-order valence-corrected chi connectivity index (χ4v) is 1.98. The number of alkyl halides is 3. The van der Waals surface area contributed by atoms with Crippen LogP contribution in [0.1, 0.15) is 17.2 Å². The Hall–Kier alpha value is -1.24. The van der Waals surface area contributed by atoms with Crippen molar-refractivity contribution in [1.29, 1.82) is 0 Å². The number of nitrogens with two attached hydrogens (primary N) is 1. The quantitative estimate of drug-likeness (QED) is 0.867. The maximum Gasteiger partial charge on any atom is 0.416 e. The van der Waals surface area contributed by atoms with Crippen molar-refractivity contribution >= 4 is 22.0 Å². The van der Waals surface area contributed by atoms with Gasteiger partial charge in [0, 0.05) is 4.47 Å². The summed E-state index contributed by atoms with van der Waals surface area (Å²) >= 11 is 3.02. The lowest BCUT2D eigenvalue weighted by atomic mass is 10.0. The molecule has 2 rings (SSSR count). The van der Waals surface area contributed by atoms with Crippen LogP contribution in [-0.2, 0) is 10.9 Å². The summed E-state index contributed by atoms with van der Waals surface area (Å²) in [6.07, 6.45) is -4.42. The van der Waals surface area contributed by atoms with E-state index in [-0.39, 0.29) is 18.2 Å². The Morgan fingerprint density at radius 1 is 1.41 bits per heavy atom. The molecule has 0 saturated carbocycles.